The van der Waals surface area contributed by atoms with Crippen LogP contribution in [0.3, 0.4) is 0 Å². The second-order valence-electron chi connectivity index (χ2n) is 1.79. The Bertz CT molecular complexity index is 99.2. The number of nitrogens with zero attached hydrogens (tertiary/aromatic N) is 1. The molecule has 0 fully saturated rings. The number of hydrogen-bond donors (Lipinski definition) is 0. The van der Waals surface area contributed by atoms with Crippen molar-refractivity contribution in [3.63, 3.8) is 0 Å². The molecule has 0 unspecified atom stereocenters. The van der Waals surface area contributed by atoms with Crippen LogP contribution in [0.25, 0.3) is 0 Å². The van der Waals surface area contributed by atoms with E-state index in [0.717, 1.165) is 0 Å². The molecule has 0 rings (SSSR count). The van der Waals surface area contributed by atoms with Gasteiger partial charge in [0.1, 0.15) is 0 Å². The minimum atomic E-state index is 1.31. The molecule has 0 radical (unpaired) electrons. The summed E-state index contributed by atoms with van der Waals surface area (Å²) in [4.78, 5) is 2.11. The van der Waals surface area contributed by atoms with Gasteiger partial charge in [-0.3, -0.25) is 0 Å². The molecule has 0 bridgehead atoms. The van der Waals surface area contributed by atoms with Crippen molar-refractivity contribution in [3.05, 3.63) is 10.4 Å². The predicted molar refractivity (Wildman–Crippen MR) is 48.8 cm³/mol. The van der Waals surface area contributed by atoms with Crippen molar-refractivity contribution in [2.75, 3.05) is 26.6 Å². The Kier molecular flexibility index (Phi) is 5.19. The molecule has 0 aromatic rings. The van der Waals surface area contributed by atoms with E-state index in [-0.39, 0.29) is 0 Å². The average molecular weight is 163 g/mol. The van der Waals surface area contributed by atoms with Gasteiger partial charge in [0.15, 0.2) is 0 Å². The number of rotatable bonds is 3. The molecule has 54 valence electrons. The van der Waals surface area contributed by atoms with E-state index in [1.807, 2.05) is 0 Å². The fraction of sp³-hybridized carbons (Fsp3) is 0.667. The van der Waals surface area contributed by atoms with Gasteiger partial charge in [0, 0.05) is 19.5 Å². The third-order valence-electron chi connectivity index (χ3n) is 0.869. The van der Waals surface area contributed by atoms with Crippen molar-refractivity contribution in [2.24, 2.45) is 0 Å². The SMILES string of the molecule is CS/C=C(/SC)N(C)C. The van der Waals surface area contributed by atoms with Gasteiger partial charge in [-0.2, -0.15) is 0 Å². The summed E-state index contributed by atoms with van der Waals surface area (Å²) in [6.07, 6.45) is 4.15. The first-order valence-corrected chi connectivity index (χ1v) is 5.18. The zero-order chi connectivity index (χ0) is 7.28. The van der Waals surface area contributed by atoms with E-state index in [0.29, 0.717) is 0 Å². The predicted octanol–water partition coefficient (Wildman–Crippen LogP) is 2.07. The molecule has 0 saturated heterocycles. The molecule has 0 amide bonds. The molecule has 0 aliphatic heterocycles. The maximum atomic E-state index is 2.14. The summed E-state index contributed by atoms with van der Waals surface area (Å²) in [5.74, 6) is 0. The van der Waals surface area contributed by atoms with Crippen LogP contribution in [0.5, 0.6) is 0 Å². The van der Waals surface area contributed by atoms with E-state index < -0.39 is 0 Å². The van der Waals surface area contributed by atoms with Crippen LogP contribution in [-0.4, -0.2) is 31.5 Å². The lowest BCUT2D eigenvalue weighted by molar-refractivity contribution is 0.552. The Hall–Kier alpha value is 0.240. The van der Waals surface area contributed by atoms with Crippen molar-refractivity contribution in [1.29, 1.82) is 0 Å². The van der Waals surface area contributed by atoms with Crippen LogP contribution in [0.4, 0.5) is 0 Å². The van der Waals surface area contributed by atoms with Crippen molar-refractivity contribution >= 4 is 23.5 Å². The van der Waals surface area contributed by atoms with E-state index >= 15 is 0 Å². The van der Waals surface area contributed by atoms with Crippen LogP contribution in [0, 0.1) is 0 Å². The molecule has 0 N–H and O–H groups in total. The molecule has 0 aromatic carbocycles. The van der Waals surface area contributed by atoms with Crippen LogP contribution in [0.1, 0.15) is 0 Å². The van der Waals surface area contributed by atoms with Gasteiger partial charge in [0.05, 0.1) is 5.03 Å². The highest BCUT2D eigenvalue weighted by Gasteiger charge is 1.93. The Morgan fingerprint density at radius 2 is 1.89 bits per heavy atom. The summed E-state index contributed by atoms with van der Waals surface area (Å²) >= 11 is 3.51. The lowest BCUT2D eigenvalue weighted by Crippen LogP contribution is -2.07. The molecule has 0 spiro atoms. The fourth-order valence-corrected chi connectivity index (χ4v) is 1.89. The standard InChI is InChI=1S/C6H13NS2/c1-7(2)6(9-4)5-8-3/h5H,1-4H3/b6-5+. The van der Waals surface area contributed by atoms with E-state index in [1.165, 1.54) is 5.03 Å². The molecule has 0 saturated carbocycles. The second kappa shape index (κ2) is 5.06. The van der Waals surface area contributed by atoms with Crippen molar-refractivity contribution in [1.82, 2.24) is 4.90 Å². The summed E-state index contributed by atoms with van der Waals surface area (Å²) in [5.41, 5.74) is 0. The summed E-state index contributed by atoms with van der Waals surface area (Å²) < 4.78 is 0. The van der Waals surface area contributed by atoms with Gasteiger partial charge in [-0.25, -0.2) is 0 Å². The number of hydrogen-bond acceptors (Lipinski definition) is 3. The lowest BCUT2D eigenvalue weighted by Gasteiger charge is -2.13. The molecule has 3 heteroatoms. The summed E-state index contributed by atoms with van der Waals surface area (Å²) in [6, 6.07) is 0. The summed E-state index contributed by atoms with van der Waals surface area (Å²) in [5, 5.41) is 3.45. The van der Waals surface area contributed by atoms with Gasteiger partial charge < -0.3 is 4.90 Å². The first-order chi connectivity index (χ1) is 4.22. The lowest BCUT2D eigenvalue weighted by atomic mass is 10.8. The van der Waals surface area contributed by atoms with Crippen LogP contribution in [0.15, 0.2) is 10.4 Å². The fourth-order valence-electron chi connectivity index (χ4n) is 0.437. The highest BCUT2D eigenvalue weighted by Crippen LogP contribution is 2.16. The molecule has 0 aliphatic rings. The van der Waals surface area contributed by atoms with E-state index in [4.69, 9.17) is 0 Å². The van der Waals surface area contributed by atoms with E-state index in [9.17, 15) is 0 Å². The third kappa shape index (κ3) is 3.76. The molecule has 0 aromatic heterocycles. The highest BCUT2D eigenvalue weighted by molar-refractivity contribution is 8.05. The van der Waals surface area contributed by atoms with Crippen LogP contribution >= 0.6 is 23.5 Å². The van der Waals surface area contributed by atoms with Crippen LogP contribution < -0.4 is 0 Å². The highest BCUT2D eigenvalue weighted by atomic mass is 32.2. The van der Waals surface area contributed by atoms with Crippen LogP contribution in [-0.2, 0) is 0 Å². The molecule has 0 atom stereocenters. The maximum absolute atomic E-state index is 2.14. The first kappa shape index (κ1) is 9.24. The zero-order valence-electron chi connectivity index (χ0n) is 6.34. The van der Waals surface area contributed by atoms with Gasteiger partial charge in [0.2, 0.25) is 0 Å². The third-order valence-corrected chi connectivity index (χ3v) is 2.38. The first-order valence-electron chi connectivity index (χ1n) is 2.66. The van der Waals surface area contributed by atoms with E-state index in [1.54, 1.807) is 23.5 Å². The Morgan fingerprint density at radius 1 is 1.33 bits per heavy atom. The topological polar surface area (TPSA) is 3.24 Å². The van der Waals surface area contributed by atoms with Gasteiger partial charge in [0.25, 0.3) is 0 Å². The minimum Gasteiger partial charge on any atom is -0.372 e. The van der Waals surface area contributed by atoms with Crippen molar-refractivity contribution in [2.45, 2.75) is 0 Å². The molecular weight excluding hydrogens is 150 g/mol. The molecule has 0 aliphatic carbocycles. The summed E-state index contributed by atoms with van der Waals surface area (Å²) in [7, 11) is 4.11. The van der Waals surface area contributed by atoms with Crippen molar-refractivity contribution < 1.29 is 0 Å². The quantitative estimate of drug-likeness (QED) is 0.627. The maximum Gasteiger partial charge on any atom is 0.0763 e. The van der Waals surface area contributed by atoms with Gasteiger partial charge in [-0.1, -0.05) is 0 Å². The normalized spacial score (nSPS) is 11.8. The Balaban J connectivity index is 3.81. The average Bonchev–Trinajstić information content (AvgIpc) is 1.82. The summed E-state index contributed by atoms with van der Waals surface area (Å²) in [6.45, 7) is 0. The van der Waals surface area contributed by atoms with E-state index in [2.05, 4.69) is 36.9 Å². The number of thioether (sulfide) groups is 2. The smallest absolute Gasteiger partial charge is 0.0763 e. The van der Waals surface area contributed by atoms with Gasteiger partial charge in [-0.05, 0) is 12.5 Å². The minimum absolute atomic E-state index is 1.31. The second-order valence-corrected chi connectivity index (χ2v) is 3.32. The largest absolute Gasteiger partial charge is 0.372 e. The van der Waals surface area contributed by atoms with Gasteiger partial charge in [-0.15, -0.1) is 23.5 Å². The Labute approximate surface area is 65.9 Å². The molecule has 9 heavy (non-hydrogen) atoms. The van der Waals surface area contributed by atoms with Crippen molar-refractivity contribution in [3.8, 4) is 0 Å². The van der Waals surface area contributed by atoms with Crippen LogP contribution in [0.2, 0.25) is 0 Å². The molecular formula is C6H13NS2. The molecule has 0 heterocycles. The monoisotopic (exact) mass is 163 g/mol. The van der Waals surface area contributed by atoms with Gasteiger partial charge >= 0.3 is 0 Å². The Morgan fingerprint density at radius 3 is 2.00 bits per heavy atom. The zero-order valence-corrected chi connectivity index (χ0v) is 7.97. The molecule has 1 nitrogen and oxygen atoms in total.